The number of hydrogen-bond donors (Lipinski definition) is 2. The molecule has 214 valence electrons. The number of nitrogens with two attached hydrogens (primary N) is 1. The van der Waals surface area contributed by atoms with Crippen LogP contribution in [0.3, 0.4) is 0 Å². The second-order valence-electron chi connectivity index (χ2n) is 10.8. The molecule has 2 heterocycles. The van der Waals surface area contributed by atoms with Gasteiger partial charge in [-0.2, -0.15) is 4.98 Å². The Morgan fingerprint density at radius 1 is 1.18 bits per heavy atom. The molecule has 1 aliphatic rings. The third kappa shape index (κ3) is 6.53. The van der Waals surface area contributed by atoms with E-state index in [-0.39, 0.29) is 29.3 Å². The lowest BCUT2D eigenvalue weighted by atomic mass is 9.81. The lowest BCUT2D eigenvalue weighted by molar-refractivity contribution is -0.136. The molecule has 0 spiro atoms. The van der Waals surface area contributed by atoms with Crippen LogP contribution in [0.5, 0.6) is 5.75 Å². The highest BCUT2D eigenvalue weighted by Crippen LogP contribution is 2.33. The Bertz CT molecular complexity index is 1440. The van der Waals surface area contributed by atoms with Gasteiger partial charge in [-0.25, -0.2) is 9.59 Å². The number of amides is 2. The van der Waals surface area contributed by atoms with E-state index in [1.165, 1.54) is 0 Å². The number of hydrogen-bond acceptors (Lipinski definition) is 9. The molecule has 1 aliphatic heterocycles. The first-order chi connectivity index (χ1) is 19.0. The van der Waals surface area contributed by atoms with Crippen LogP contribution in [0.4, 0.5) is 10.8 Å². The number of ether oxygens (including phenoxy) is 3. The minimum Gasteiger partial charge on any atom is -0.497 e. The van der Waals surface area contributed by atoms with Gasteiger partial charge in [0.2, 0.25) is 5.91 Å². The third-order valence-corrected chi connectivity index (χ3v) is 6.99. The average Bonchev–Trinajstić information content (AvgIpc) is 2.91. The second kappa shape index (κ2) is 12.0. The van der Waals surface area contributed by atoms with Crippen LogP contribution in [0.15, 0.2) is 39.5 Å². The highest BCUT2D eigenvalue weighted by Gasteiger charge is 2.29. The number of morpholine rings is 1. The Labute approximate surface area is 232 Å². The van der Waals surface area contributed by atoms with Crippen molar-refractivity contribution < 1.29 is 28.2 Å². The fourth-order valence-electron chi connectivity index (χ4n) is 4.87. The van der Waals surface area contributed by atoms with Gasteiger partial charge in [-0.3, -0.25) is 4.79 Å². The number of fused-ring (bicyclic) bond motifs is 1. The Balaban J connectivity index is 1.74. The molecule has 11 nitrogen and oxygen atoms in total. The number of carbonyl (C=O) groups excluding carboxylic acids is 2. The van der Waals surface area contributed by atoms with Gasteiger partial charge in [0, 0.05) is 19.5 Å². The van der Waals surface area contributed by atoms with E-state index in [2.05, 4.69) is 10.3 Å². The Morgan fingerprint density at radius 2 is 1.85 bits per heavy atom. The van der Waals surface area contributed by atoms with Crippen molar-refractivity contribution in [1.82, 2.24) is 9.88 Å². The van der Waals surface area contributed by atoms with Gasteiger partial charge >= 0.3 is 11.7 Å². The van der Waals surface area contributed by atoms with Crippen molar-refractivity contribution in [1.29, 1.82) is 0 Å². The minimum absolute atomic E-state index is 0.0574. The number of carbonyl (C=O) groups is 2. The van der Waals surface area contributed by atoms with Crippen molar-refractivity contribution >= 4 is 28.9 Å². The molecular weight excluding hydrogens is 516 g/mol. The maximum atomic E-state index is 13.6. The van der Waals surface area contributed by atoms with Crippen LogP contribution in [-0.2, 0) is 32.7 Å². The number of nitrogens with zero attached hydrogens (tertiary/aromatic N) is 2. The number of anilines is 1. The van der Waals surface area contributed by atoms with Crippen LogP contribution >= 0.6 is 0 Å². The maximum absolute atomic E-state index is 13.6. The molecule has 3 N–H and O–H groups in total. The van der Waals surface area contributed by atoms with Crippen molar-refractivity contribution in [3.8, 4) is 5.75 Å². The molecule has 1 atom stereocenters. The monoisotopic (exact) mass is 552 g/mol. The number of methoxy groups -OCH3 is 1. The molecule has 0 aliphatic carbocycles. The van der Waals surface area contributed by atoms with Crippen molar-refractivity contribution in [3.05, 3.63) is 63.0 Å². The maximum Gasteiger partial charge on any atom is 0.404 e. The fourth-order valence-corrected chi connectivity index (χ4v) is 4.87. The number of aryl methyl sites for hydroxylation is 1. The summed E-state index contributed by atoms with van der Waals surface area (Å²) in [7, 11) is 1.59. The summed E-state index contributed by atoms with van der Waals surface area (Å²) in [6.45, 7) is 9.58. The first-order valence-electron chi connectivity index (χ1n) is 13.1. The molecule has 3 aromatic rings. The molecular formula is C29H36N4O7. The predicted molar refractivity (Wildman–Crippen MR) is 150 cm³/mol. The van der Waals surface area contributed by atoms with E-state index in [9.17, 15) is 14.4 Å². The molecule has 1 saturated heterocycles. The van der Waals surface area contributed by atoms with Gasteiger partial charge in [0.15, 0.2) is 0 Å². The van der Waals surface area contributed by atoms with E-state index in [4.69, 9.17) is 24.4 Å². The number of aromatic nitrogens is 1. The van der Waals surface area contributed by atoms with Gasteiger partial charge in [0.25, 0.3) is 6.01 Å². The van der Waals surface area contributed by atoms with E-state index < -0.39 is 17.8 Å². The summed E-state index contributed by atoms with van der Waals surface area (Å²) in [4.78, 5) is 44.5. The largest absolute Gasteiger partial charge is 0.497 e. The number of primary amides is 1. The molecule has 0 saturated carbocycles. The number of nitrogens with one attached hydrogen (secondary N) is 1. The zero-order chi connectivity index (χ0) is 29.0. The van der Waals surface area contributed by atoms with E-state index in [0.29, 0.717) is 55.1 Å². The summed E-state index contributed by atoms with van der Waals surface area (Å²) in [5.74, 6) is 0.565. The van der Waals surface area contributed by atoms with Crippen LogP contribution < -0.4 is 21.4 Å². The zero-order valence-electron chi connectivity index (χ0n) is 23.5. The van der Waals surface area contributed by atoms with Crippen LogP contribution in [0.25, 0.3) is 10.9 Å². The number of rotatable bonds is 8. The molecule has 1 fully saturated rings. The highest BCUT2D eigenvalue weighted by atomic mass is 16.5. The third-order valence-electron chi connectivity index (χ3n) is 6.99. The second-order valence-corrected chi connectivity index (χ2v) is 10.8. The molecule has 1 aromatic heterocycles. The SMILES string of the molecule is COc1ccc(C[C@H](Nc2nc3cc(C(C)(C)C)c(COC(N)=O)c(C)c3c(=O)o2)C(=O)N2CCOCC2)cc1. The van der Waals surface area contributed by atoms with Crippen LogP contribution in [0.1, 0.15) is 43.0 Å². The minimum atomic E-state index is -0.906. The first-order valence-corrected chi connectivity index (χ1v) is 13.1. The van der Waals surface area contributed by atoms with Crippen molar-refractivity contribution in [3.63, 3.8) is 0 Å². The van der Waals surface area contributed by atoms with Gasteiger partial charge in [0.05, 0.1) is 31.2 Å². The molecule has 40 heavy (non-hydrogen) atoms. The van der Waals surface area contributed by atoms with Crippen LogP contribution in [0, 0.1) is 6.92 Å². The van der Waals surface area contributed by atoms with Gasteiger partial charge in [-0.05, 0) is 52.8 Å². The molecule has 4 rings (SSSR count). The molecule has 2 amide bonds. The highest BCUT2D eigenvalue weighted by molar-refractivity contribution is 5.86. The summed E-state index contributed by atoms with van der Waals surface area (Å²) >= 11 is 0. The van der Waals surface area contributed by atoms with E-state index in [0.717, 1.165) is 11.1 Å². The smallest absolute Gasteiger partial charge is 0.404 e. The summed E-state index contributed by atoms with van der Waals surface area (Å²) in [5.41, 5.74) is 7.65. The van der Waals surface area contributed by atoms with E-state index in [1.807, 2.05) is 45.0 Å². The Hall–Kier alpha value is -4.12. The van der Waals surface area contributed by atoms with Gasteiger partial charge < -0.3 is 34.6 Å². The van der Waals surface area contributed by atoms with Gasteiger partial charge in [-0.15, -0.1) is 0 Å². The van der Waals surface area contributed by atoms with Gasteiger partial charge in [-0.1, -0.05) is 32.9 Å². The summed E-state index contributed by atoms with van der Waals surface area (Å²) < 4.78 is 21.3. The zero-order valence-corrected chi connectivity index (χ0v) is 23.5. The number of benzene rings is 2. The molecule has 0 unspecified atom stereocenters. The topological polar surface area (TPSA) is 146 Å². The Morgan fingerprint density at radius 3 is 2.45 bits per heavy atom. The van der Waals surface area contributed by atoms with Crippen molar-refractivity contribution in [2.45, 2.75) is 52.2 Å². The van der Waals surface area contributed by atoms with Crippen LogP contribution in [-0.4, -0.2) is 61.3 Å². The fraction of sp³-hybridized carbons (Fsp3) is 0.448. The normalized spacial score (nSPS) is 14.6. The molecule has 2 aromatic carbocycles. The molecule has 0 bridgehead atoms. The standard InChI is InChI=1S/C29H36N4O7/c1-17-20(16-39-27(30)36)21(29(2,3)4)15-22-24(17)26(35)40-28(31-22)32-23(25(34)33-10-12-38-13-11-33)14-18-6-8-19(37-5)9-7-18/h6-9,15,23H,10-14,16H2,1-5H3,(H2,30,36)(H,31,32)/t23-/m0/s1. The summed E-state index contributed by atoms with van der Waals surface area (Å²) in [5, 5.41) is 3.36. The first kappa shape index (κ1) is 28.9. The quantitative estimate of drug-likeness (QED) is 0.430. The predicted octanol–water partition coefficient (Wildman–Crippen LogP) is 3.28. The molecule has 11 heteroatoms. The lowest BCUT2D eigenvalue weighted by Gasteiger charge is -2.30. The average molecular weight is 553 g/mol. The lowest BCUT2D eigenvalue weighted by Crippen LogP contribution is -2.49. The van der Waals surface area contributed by atoms with E-state index >= 15 is 0 Å². The summed E-state index contributed by atoms with van der Waals surface area (Å²) in [6.07, 6.45) is -0.573. The Kier molecular flexibility index (Phi) is 8.63. The van der Waals surface area contributed by atoms with Crippen LogP contribution in [0.2, 0.25) is 0 Å². The van der Waals surface area contributed by atoms with Crippen molar-refractivity contribution in [2.24, 2.45) is 5.73 Å². The van der Waals surface area contributed by atoms with Gasteiger partial charge in [0.1, 0.15) is 18.4 Å². The summed E-state index contributed by atoms with van der Waals surface area (Å²) in [6, 6.07) is 8.43. The van der Waals surface area contributed by atoms with Crippen molar-refractivity contribution in [2.75, 3.05) is 38.7 Å². The van der Waals surface area contributed by atoms with E-state index in [1.54, 1.807) is 25.0 Å². The molecule has 0 radical (unpaired) electrons.